The van der Waals surface area contributed by atoms with Crippen LogP contribution in [0.25, 0.3) is 0 Å². The Morgan fingerprint density at radius 2 is 0.886 bits per heavy atom. The van der Waals surface area contributed by atoms with Crippen molar-refractivity contribution >= 4 is 11.8 Å². The highest BCUT2D eigenvalue weighted by molar-refractivity contribution is 5.75. The van der Waals surface area contributed by atoms with E-state index >= 15 is 0 Å². The molecule has 258 valence electrons. The van der Waals surface area contributed by atoms with Gasteiger partial charge in [0, 0.05) is 19.4 Å². The molecule has 44 heavy (non-hydrogen) atoms. The zero-order chi connectivity index (χ0) is 32.6. The summed E-state index contributed by atoms with van der Waals surface area (Å²) in [6.45, 7) is 7.52. The molecular weight excluding hydrogens is 540 g/mol. The number of hydrogen-bond acceptors (Lipinski definition) is 2. The van der Waals surface area contributed by atoms with Crippen molar-refractivity contribution < 1.29 is 9.59 Å². The Hall–Kier alpha value is -1.84. The van der Waals surface area contributed by atoms with Crippen molar-refractivity contribution in [2.45, 2.75) is 201 Å². The largest absolute Gasteiger partial charge is 0.370 e. The number of carbonyl (C=O) groups is 2. The molecule has 0 aliphatic carbocycles. The van der Waals surface area contributed by atoms with Crippen LogP contribution in [0.3, 0.4) is 0 Å². The molecule has 4 nitrogen and oxygen atoms in total. The third-order valence-corrected chi connectivity index (χ3v) is 7.93. The summed E-state index contributed by atoms with van der Waals surface area (Å²) < 4.78 is 0. The van der Waals surface area contributed by atoms with Crippen LogP contribution in [-0.4, -0.2) is 18.4 Å². The molecule has 0 heterocycles. The average Bonchev–Trinajstić information content (AvgIpc) is 3.01. The lowest BCUT2D eigenvalue weighted by atomic mass is 10.0. The van der Waals surface area contributed by atoms with Crippen LogP contribution in [0.15, 0.2) is 36.5 Å². The fourth-order valence-corrected chi connectivity index (χ4v) is 5.09. The second kappa shape index (κ2) is 41.2. The van der Waals surface area contributed by atoms with Gasteiger partial charge >= 0.3 is 0 Å². The van der Waals surface area contributed by atoms with Gasteiger partial charge in [0.1, 0.15) is 0 Å². The average molecular weight is 617 g/mol. The Morgan fingerprint density at radius 1 is 0.477 bits per heavy atom. The molecule has 0 aliphatic heterocycles. The molecule has 3 N–H and O–H groups in total. The Labute approximate surface area is 275 Å². The minimum atomic E-state index is -0.175. The molecule has 0 aliphatic rings. The number of nitrogens with one attached hydrogen (secondary N) is 1. The predicted molar refractivity (Wildman–Crippen MR) is 196 cm³/mol. The molecule has 0 bridgehead atoms. The molecule has 0 aromatic rings. The molecule has 0 saturated heterocycles. The number of allylic oxidation sites excluding steroid dienone is 6. The van der Waals surface area contributed by atoms with E-state index < -0.39 is 0 Å². The number of unbranched alkanes of at least 4 members (excludes halogenated alkanes) is 20. The zero-order valence-electron chi connectivity index (χ0n) is 29.9. The summed E-state index contributed by atoms with van der Waals surface area (Å²) in [6, 6.07) is 0. The summed E-state index contributed by atoms with van der Waals surface area (Å²) in [6.07, 6.45) is 47.4. The maximum absolute atomic E-state index is 11.7. The van der Waals surface area contributed by atoms with Crippen molar-refractivity contribution in [3.8, 4) is 0 Å². The minimum absolute atomic E-state index is 0.175. The highest BCUT2D eigenvalue weighted by atomic mass is 16.1. The van der Waals surface area contributed by atoms with Crippen molar-refractivity contribution in [2.24, 2.45) is 5.73 Å². The van der Waals surface area contributed by atoms with Gasteiger partial charge in [-0.05, 0) is 51.4 Å². The van der Waals surface area contributed by atoms with E-state index in [0.29, 0.717) is 6.42 Å². The van der Waals surface area contributed by atoms with Gasteiger partial charge in [0.15, 0.2) is 0 Å². The maximum Gasteiger partial charge on any atom is 0.219 e. The third-order valence-electron chi connectivity index (χ3n) is 7.93. The Balaban J connectivity index is 0. The molecule has 0 atom stereocenters. The molecule has 0 aromatic carbocycles. The van der Waals surface area contributed by atoms with E-state index in [9.17, 15) is 9.59 Å². The molecule has 0 spiro atoms. The second-order valence-electron chi connectivity index (χ2n) is 12.5. The minimum Gasteiger partial charge on any atom is -0.370 e. The first kappa shape index (κ1) is 44.3. The standard InChI is InChI=1S/C22H45NO.C18H31NO/c1-3-5-7-9-10-11-12-13-14-15-16-17-18-20-22(24)23-21-19-8-6-4-2;1-2-3-4-5-6-7-8-9-10-11-12-13-14-15-16-17-18(19)20/h3-21H2,1-2H3,(H,23,24);3-4,6-7,9-10H,2,5,8,11-17H2,1H3,(H2,19,20)/b;4-3-,7-6-,10-9-. The topological polar surface area (TPSA) is 72.2 Å². The molecule has 0 radical (unpaired) electrons. The number of primary amides is 1. The van der Waals surface area contributed by atoms with Crippen molar-refractivity contribution in [3.05, 3.63) is 36.5 Å². The van der Waals surface area contributed by atoms with E-state index in [1.165, 1.54) is 122 Å². The molecule has 2 amide bonds. The molecule has 0 aromatic heterocycles. The lowest BCUT2D eigenvalue weighted by Crippen LogP contribution is -2.23. The molecule has 4 heteroatoms. The predicted octanol–water partition coefficient (Wildman–Crippen LogP) is 12.2. The van der Waals surface area contributed by atoms with Gasteiger partial charge in [-0.2, -0.15) is 0 Å². The summed E-state index contributed by atoms with van der Waals surface area (Å²) in [7, 11) is 0. The van der Waals surface area contributed by atoms with Gasteiger partial charge in [-0.25, -0.2) is 0 Å². The normalized spacial score (nSPS) is 11.4. The van der Waals surface area contributed by atoms with Crippen molar-refractivity contribution in [1.82, 2.24) is 5.32 Å². The summed E-state index contributed by atoms with van der Waals surface area (Å²) in [4.78, 5) is 22.2. The van der Waals surface area contributed by atoms with Crippen LogP contribution >= 0.6 is 0 Å². The first-order valence-corrected chi connectivity index (χ1v) is 19.1. The van der Waals surface area contributed by atoms with Gasteiger partial charge in [0.25, 0.3) is 0 Å². The first-order chi connectivity index (χ1) is 21.6. The van der Waals surface area contributed by atoms with Crippen LogP contribution in [0.2, 0.25) is 0 Å². The van der Waals surface area contributed by atoms with Crippen LogP contribution in [0.5, 0.6) is 0 Å². The van der Waals surface area contributed by atoms with Crippen molar-refractivity contribution in [1.29, 1.82) is 0 Å². The van der Waals surface area contributed by atoms with Crippen LogP contribution in [-0.2, 0) is 9.59 Å². The third kappa shape index (κ3) is 44.6. The molecule has 0 unspecified atom stereocenters. The van der Waals surface area contributed by atoms with Crippen LogP contribution in [0.4, 0.5) is 0 Å². The smallest absolute Gasteiger partial charge is 0.219 e. The van der Waals surface area contributed by atoms with E-state index in [2.05, 4.69) is 62.5 Å². The summed E-state index contributed by atoms with van der Waals surface area (Å²) in [5.41, 5.74) is 5.09. The van der Waals surface area contributed by atoms with Gasteiger partial charge < -0.3 is 11.1 Å². The fraction of sp³-hybridized carbons (Fsp3) is 0.800. The second-order valence-corrected chi connectivity index (χ2v) is 12.5. The van der Waals surface area contributed by atoms with Crippen LogP contribution in [0, 0.1) is 0 Å². The van der Waals surface area contributed by atoms with Crippen LogP contribution in [0.1, 0.15) is 201 Å². The lowest BCUT2D eigenvalue weighted by molar-refractivity contribution is -0.121. The van der Waals surface area contributed by atoms with Gasteiger partial charge in [-0.3, -0.25) is 9.59 Å². The molecule has 0 saturated carbocycles. The first-order valence-electron chi connectivity index (χ1n) is 19.1. The zero-order valence-corrected chi connectivity index (χ0v) is 29.9. The van der Waals surface area contributed by atoms with E-state index in [0.717, 1.165) is 57.9 Å². The Kier molecular flexibility index (Phi) is 41.4. The van der Waals surface area contributed by atoms with E-state index in [1.54, 1.807) is 0 Å². The van der Waals surface area contributed by atoms with Crippen LogP contribution < -0.4 is 11.1 Å². The van der Waals surface area contributed by atoms with E-state index in [-0.39, 0.29) is 11.8 Å². The summed E-state index contributed by atoms with van der Waals surface area (Å²) in [5.74, 6) is 0.0840. The number of hydrogen-bond donors (Lipinski definition) is 2. The quantitative estimate of drug-likeness (QED) is 0.0583. The number of nitrogens with two attached hydrogens (primary N) is 1. The molecular formula is C40H76N2O2. The van der Waals surface area contributed by atoms with Gasteiger partial charge in [-0.1, -0.05) is 173 Å². The van der Waals surface area contributed by atoms with Gasteiger partial charge in [0.2, 0.25) is 11.8 Å². The summed E-state index contributed by atoms with van der Waals surface area (Å²) >= 11 is 0. The highest BCUT2D eigenvalue weighted by Gasteiger charge is 2.00. The number of carbonyl (C=O) groups excluding carboxylic acids is 2. The van der Waals surface area contributed by atoms with Crippen molar-refractivity contribution in [2.75, 3.05) is 6.54 Å². The van der Waals surface area contributed by atoms with Gasteiger partial charge in [-0.15, -0.1) is 0 Å². The van der Waals surface area contributed by atoms with E-state index in [1.807, 2.05) is 0 Å². The monoisotopic (exact) mass is 617 g/mol. The fourth-order valence-electron chi connectivity index (χ4n) is 5.09. The van der Waals surface area contributed by atoms with Gasteiger partial charge in [0.05, 0.1) is 0 Å². The van der Waals surface area contributed by atoms with E-state index in [4.69, 9.17) is 5.73 Å². The molecule has 0 rings (SSSR count). The number of rotatable bonds is 32. The molecule has 0 fully saturated rings. The maximum atomic E-state index is 11.7. The number of amides is 2. The van der Waals surface area contributed by atoms with Crippen molar-refractivity contribution in [3.63, 3.8) is 0 Å². The lowest BCUT2D eigenvalue weighted by Gasteiger charge is -2.05. The Bertz CT molecular complexity index is 668. The Morgan fingerprint density at radius 3 is 1.39 bits per heavy atom. The SMILES string of the molecule is CC/C=C\C/C=C\C/C=C\CCCCCCCC(N)=O.CCCCCCCCCCCCCCCC(=O)NCCCCCC. The highest BCUT2D eigenvalue weighted by Crippen LogP contribution is 2.13. The summed E-state index contributed by atoms with van der Waals surface area (Å²) in [5, 5.41) is 3.05.